The molecular weight excluding hydrogens is 328 g/mol. The molecule has 1 N–H and O–H groups in total. The summed E-state index contributed by atoms with van der Waals surface area (Å²) in [5.74, 6) is -0.682. The second-order valence-corrected chi connectivity index (χ2v) is 7.76. The van der Waals surface area contributed by atoms with Gasteiger partial charge in [-0.25, -0.2) is 4.79 Å². The number of aryl methyl sites for hydroxylation is 1. The number of amides is 1. The number of para-hydroxylation sites is 1. The fourth-order valence-corrected chi connectivity index (χ4v) is 3.10. The summed E-state index contributed by atoms with van der Waals surface area (Å²) in [5.41, 5.74) is 1.19. The van der Waals surface area contributed by atoms with Crippen LogP contribution in [0.1, 0.15) is 57.3 Å². The molecule has 1 aromatic heterocycles. The summed E-state index contributed by atoms with van der Waals surface area (Å²) in [7, 11) is 1.34. The molecule has 2 rings (SSSR count). The number of esters is 1. The Balaban J connectivity index is 2.33. The molecule has 0 saturated heterocycles. The van der Waals surface area contributed by atoms with E-state index >= 15 is 0 Å². The molecule has 1 atom stereocenters. The number of nitrogens with one attached hydrogen (secondary N) is 1. The summed E-state index contributed by atoms with van der Waals surface area (Å²) in [5, 5.41) is 3.77. The smallest absolute Gasteiger partial charge is 0.328 e. The number of unbranched alkanes of at least 4 members (excludes halogenated alkanes) is 2. The molecule has 0 radical (unpaired) electrons. The third kappa shape index (κ3) is 4.45. The standard InChI is InChI=1S/C21H30N2O3/c1-6-7-10-13-23-14-16(15-11-8-9-12-17(15)23)19(24)22-18(20(25)26-5)21(2,3)4/h8-9,11-12,14,18H,6-7,10,13H2,1-5H3,(H,22,24). The van der Waals surface area contributed by atoms with Crippen molar-refractivity contribution in [1.29, 1.82) is 0 Å². The Kier molecular flexibility index (Phi) is 6.46. The van der Waals surface area contributed by atoms with Crippen LogP contribution in [0.3, 0.4) is 0 Å². The molecule has 2 aromatic rings. The van der Waals surface area contributed by atoms with E-state index in [1.54, 1.807) is 0 Å². The lowest BCUT2D eigenvalue weighted by atomic mass is 9.86. The average molecular weight is 358 g/mol. The molecule has 142 valence electrons. The molecule has 26 heavy (non-hydrogen) atoms. The summed E-state index contributed by atoms with van der Waals surface area (Å²) in [6, 6.07) is 7.18. The monoisotopic (exact) mass is 358 g/mol. The Bertz CT molecular complexity index is 771. The molecule has 0 aliphatic rings. The fraction of sp³-hybridized carbons (Fsp3) is 0.524. The van der Waals surface area contributed by atoms with Gasteiger partial charge in [-0.3, -0.25) is 4.79 Å². The van der Waals surface area contributed by atoms with Gasteiger partial charge in [-0.15, -0.1) is 0 Å². The summed E-state index contributed by atoms with van der Waals surface area (Å²) >= 11 is 0. The van der Waals surface area contributed by atoms with Crippen LogP contribution < -0.4 is 5.32 Å². The number of fused-ring (bicyclic) bond motifs is 1. The predicted octanol–water partition coefficient (Wildman–Crippen LogP) is 4.15. The number of hydrogen-bond acceptors (Lipinski definition) is 3. The molecule has 0 bridgehead atoms. The van der Waals surface area contributed by atoms with Crippen LogP contribution in [0.15, 0.2) is 30.5 Å². The van der Waals surface area contributed by atoms with Gasteiger partial charge in [-0.05, 0) is 17.9 Å². The first-order chi connectivity index (χ1) is 12.3. The highest BCUT2D eigenvalue weighted by Gasteiger charge is 2.34. The second-order valence-electron chi connectivity index (χ2n) is 7.76. The minimum absolute atomic E-state index is 0.249. The van der Waals surface area contributed by atoms with Crippen LogP contribution >= 0.6 is 0 Å². The van der Waals surface area contributed by atoms with Gasteiger partial charge in [0.05, 0.1) is 12.7 Å². The number of rotatable bonds is 7. The summed E-state index contributed by atoms with van der Waals surface area (Å²) in [6.45, 7) is 8.77. The lowest BCUT2D eigenvalue weighted by Gasteiger charge is -2.28. The number of hydrogen-bond donors (Lipinski definition) is 1. The molecule has 0 aliphatic carbocycles. The van der Waals surface area contributed by atoms with Crippen LogP contribution in [0.5, 0.6) is 0 Å². The van der Waals surface area contributed by atoms with Crippen LogP contribution in [0.25, 0.3) is 10.9 Å². The largest absolute Gasteiger partial charge is 0.467 e. The first kappa shape index (κ1) is 20.0. The van der Waals surface area contributed by atoms with E-state index < -0.39 is 17.4 Å². The average Bonchev–Trinajstić information content (AvgIpc) is 2.97. The van der Waals surface area contributed by atoms with Crippen molar-refractivity contribution in [3.05, 3.63) is 36.0 Å². The van der Waals surface area contributed by atoms with Crippen molar-refractivity contribution in [2.24, 2.45) is 5.41 Å². The molecular formula is C21H30N2O3. The summed E-state index contributed by atoms with van der Waals surface area (Å²) in [6.07, 6.45) is 5.27. The first-order valence-corrected chi connectivity index (χ1v) is 9.26. The van der Waals surface area contributed by atoms with Crippen LogP contribution in [-0.2, 0) is 16.1 Å². The van der Waals surface area contributed by atoms with E-state index in [9.17, 15) is 9.59 Å². The van der Waals surface area contributed by atoms with Crippen molar-refractivity contribution in [3.63, 3.8) is 0 Å². The van der Waals surface area contributed by atoms with E-state index in [-0.39, 0.29) is 5.91 Å². The Morgan fingerprint density at radius 1 is 1.19 bits per heavy atom. The first-order valence-electron chi connectivity index (χ1n) is 9.26. The molecule has 0 fully saturated rings. The maximum atomic E-state index is 12.9. The highest BCUT2D eigenvalue weighted by molar-refractivity contribution is 6.08. The normalized spacial score (nSPS) is 12.8. The number of ether oxygens (including phenoxy) is 1. The van der Waals surface area contributed by atoms with E-state index in [1.165, 1.54) is 7.11 Å². The van der Waals surface area contributed by atoms with Crippen LogP contribution in [0.4, 0.5) is 0 Å². The van der Waals surface area contributed by atoms with E-state index in [0.29, 0.717) is 5.56 Å². The van der Waals surface area contributed by atoms with Crippen molar-refractivity contribution in [3.8, 4) is 0 Å². The van der Waals surface area contributed by atoms with Gasteiger partial charge in [0, 0.05) is 23.6 Å². The van der Waals surface area contributed by atoms with Gasteiger partial charge >= 0.3 is 5.97 Å². The maximum Gasteiger partial charge on any atom is 0.328 e. The molecule has 0 saturated carbocycles. The molecule has 5 nitrogen and oxygen atoms in total. The zero-order valence-corrected chi connectivity index (χ0v) is 16.5. The molecule has 1 unspecified atom stereocenters. The molecule has 5 heteroatoms. The van der Waals surface area contributed by atoms with E-state index in [1.807, 2.05) is 51.2 Å². The lowest BCUT2D eigenvalue weighted by molar-refractivity contribution is -0.145. The topological polar surface area (TPSA) is 60.3 Å². The van der Waals surface area contributed by atoms with Crippen LogP contribution in [0, 0.1) is 5.41 Å². The summed E-state index contributed by atoms with van der Waals surface area (Å²) in [4.78, 5) is 25.1. The quantitative estimate of drug-likeness (QED) is 0.597. The lowest BCUT2D eigenvalue weighted by Crippen LogP contribution is -2.49. The zero-order chi connectivity index (χ0) is 19.3. The van der Waals surface area contributed by atoms with Crippen molar-refractivity contribution < 1.29 is 14.3 Å². The van der Waals surface area contributed by atoms with E-state index in [4.69, 9.17) is 4.74 Å². The SMILES string of the molecule is CCCCCn1cc(C(=O)NC(C(=O)OC)C(C)(C)C)c2ccccc21. The minimum Gasteiger partial charge on any atom is -0.467 e. The Morgan fingerprint density at radius 2 is 1.88 bits per heavy atom. The van der Waals surface area contributed by atoms with Crippen molar-refractivity contribution in [2.75, 3.05) is 7.11 Å². The highest BCUT2D eigenvalue weighted by atomic mass is 16.5. The maximum absolute atomic E-state index is 12.9. The highest BCUT2D eigenvalue weighted by Crippen LogP contribution is 2.24. The number of aromatic nitrogens is 1. The van der Waals surface area contributed by atoms with Crippen molar-refractivity contribution in [2.45, 2.75) is 59.5 Å². The third-order valence-corrected chi connectivity index (χ3v) is 4.61. The van der Waals surface area contributed by atoms with E-state index in [0.717, 1.165) is 36.7 Å². The molecule has 1 aromatic carbocycles. The van der Waals surface area contributed by atoms with Crippen LogP contribution in [0.2, 0.25) is 0 Å². The van der Waals surface area contributed by atoms with Gasteiger partial charge < -0.3 is 14.6 Å². The van der Waals surface area contributed by atoms with Crippen LogP contribution in [-0.4, -0.2) is 29.6 Å². The van der Waals surface area contributed by atoms with Crippen molar-refractivity contribution in [1.82, 2.24) is 9.88 Å². The second kappa shape index (κ2) is 8.39. The van der Waals surface area contributed by atoms with Gasteiger partial charge in [-0.2, -0.15) is 0 Å². The van der Waals surface area contributed by atoms with Gasteiger partial charge in [0.25, 0.3) is 5.91 Å². The number of methoxy groups -OCH3 is 1. The molecule has 1 heterocycles. The zero-order valence-electron chi connectivity index (χ0n) is 16.5. The Morgan fingerprint density at radius 3 is 2.50 bits per heavy atom. The number of nitrogens with zero attached hydrogens (tertiary/aromatic N) is 1. The minimum atomic E-state index is -0.706. The summed E-state index contributed by atoms with van der Waals surface area (Å²) < 4.78 is 7.00. The Labute approximate surface area is 155 Å². The fourth-order valence-electron chi connectivity index (χ4n) is 3.10. The number of benzene rings is 1. The third-order valence-electron chi connectivity index (χ3n) is 4.61. The van der Waals surface area contributed by atoms with Gasteiger partial charge in [-0.1, -0.05) is 58.7 Å². The van der Waals surface area contributed by atoms with Gasteiger partial charge in [0.1, 0.15) is 6.04 Å². The predicted molar refractivity (Wildman–Crippen MR) is 104 cm³/mol. The molecule has 1 amide bonds. The van der Waals surface area contributed by atoms with E-state index in [2.05, 4.69) is 16.8 Å². The molecule has 0 spiro atoms. The van der Waals surface area contributed by atoms with Gasteiger partial charge in [0.15, 0.2) is 0 Å². The Hall–Kier alpha value is -2.30. The number of carbonyl (C=O) groups excluding carboxylic acids is 2. The van der Waals surface area contributed by atoms with Gasteiger partial charge in [0.2, 0.25) is 0 Å². The molecule has 0 aliphatic heterocycles. The number of carbonyl (C=O) groups is 2. The van der Waals surface area contributed by atoms with Crippen molar-refractivity contribution >= 4 is 22.8 Å².